The number of aromatic nitrogens is 2. The zero-order chi connectivity index (χ0) is 12.6. The molecule has 0 unspecified atom stereocenters. The number of nitrogen functional groups attached to an aromatic ring is 1. The lowest BCUT2D eigenvalue weighted by Gasteiger charge is -2.20. The quantitative estimate of drug-likeness (QED) is 0.786. The van der Waals surface area contributed by atoms with Crippen LogP contribution in [0.5, 0.6) is 0 Å². The first kappa shape index (κ1) is 12.8. The number of nitrogens with one attached hydrogen (secondary N) is 1. The summed E-state index contributed by atoms with van der Waals surface area (Å²) in [5.41, 5.74) is 5.32. The number of hydrogen-bond donors (Lipinski definition) is 2. The number of amides is 1. The average Bonchev–Trinajstić information content (AvgIpc) is 2.49. The van der Waals surface area contributed by atoms with Crippen molar-refractivity contribution in [2.24, 2.45) is 0 Å². The summed E-state index contributed by atoms with van der Waals surface area (Å²) < 4.78 is 21.2. The Labute approximate surface area is 97.0 Å². The molecule has 0 fully saturated rings. The van der Waals surface area contributed by atoms with Gasteiger partial charge in [-0.15, -0.1) is 10.2 Å². The van der Waals surface area contributed by atoms with E-state index in [0.29, 0.717) is 0 Å². The van der Waals surface area contributed by atoms with Gasteiger partial charge in [-0.25, -0.2) is 8.42 Å². The van der Waals surface area contributed by atoms with Gasteiger partial charge in [0.1, 0.15) is 4.75 Å². The fourth-order valence-electron chi connectivity index (χ4n) is 0.701. The van der Waals surface area contributed by atoms with Crippen LogP contribution in [0.25, 0.3) is 0 Å². The van der Waals surface area contributed by atoms with Crippen molar-refractivity contribution in [3.63, 3.8) is 0 Å². The highest BCUT2D eigenvalue weighted by molar-refractivity contribution is 7.92. The molecule has 16 heavy (non-hydrogen) atoms. The summed E-state index contributed by atoms with van der Waals surface area (Å²) in [6, 6.07) is 0. The lowest BCUT2D eigenvalue weighted by molar-refractivity contribution is -0.117. The van der Waals surface area contributed by atoms with E-state index in [0.717, 1.165) is 17.6 Å². The van der Waals surface area contributed by atoms with E-state index in [-0.39, 0.29) is 10.3 Å². The topological polar surface area (TPSA) is 115 Å². The second-order valence-corrected chi connectivity index (χ2v) is 7.26. The molecule has 0 radical (unpaired) electrons. The highest BCUT2D eigenvalue weighted by Gasteiger charge is 2.38. The van der Waals surface area contributed by atoms with E-state index in [1.54, 1.807) is 0 Å². The Bertz CT molecular complexity index is 505. The number of nitrogens with two attached hydrogens (primary N) is 1. The third kappa shape index (κ3) is 2.47. The highest BCUT2D eigenvalue weighted by atomic mass is 32.2. The van der Waals surface area contributed by atoms with Crippen molar-refractivity contribution < 1.29 is 13.2 Å². The van der Waals surface area contributed by atoms with Crippen LogP contribution in [-0.2, 0) is 14.6 Å². The summed E-state index contributed by atoms with van der Waals surface area (Å²) in [6.07, 6.45) is 1.00. The molecule has 0 aliphatic heterocycles. The zero-order valence-electron chi connectivity index (χ0n) is 9.01. The standard InChI is InChI=1S/C7H12N4O3S2/c1-7(2,16(3,13)14)4(12)9-6-11-10-5(8)15-6/h1-3H3,(H2,8,10)(H,9,11,12). The lowest BCUT2D eigenvalue weighted by atomic mass is 10.2. The van der Waals surface area contributed by atoms with Gasteiger partial charge < -0.3 is 5.73 Å². The summed E-state index contributed by atoms with van der Waals surface area (Å²) in [4.78, 5) is 11.7. The summed E-state index contributed by atoms with van der Waals surface area (Å²) >= 11 is 0.972. The first-order valence-corrected chi connectivity index (χ1v) is 6.95. The van der Waals surface area contributed by atoms with Crippen molar-refractivity contribution in [2.75, 3.05) is 17.3 Å². The number of carbonyl (C=O) groups excluding carboxylic acids is 1. The van der Waals surface area contributed by atoms with Gasteiger partial charge in [0.05, 0.1) is 0 Å². The summed E-state index contributed by atoms with van der Waals surface area (Å²) in [6.45, 7) is 2.64. The van der Waals surface area contributed by atoms with Crippen molar-refractivity contribution in [1.29, 1.82) is 0 Å². The highest BCUT2D eigenvalue weighted by Crippen LogP contribution is 2.21. The molecular weight excluding hydrogens is 252 g/mol. The lowest BCUT2D eigenvalue weighted by Crippen LogP contribution is -2.43. The van der Waals surface area contributed by atoms with Gasteiger partial charge in [0.2, 0.25) is 16.2 Å². The number of carbonyl (C=O) groups is 1. The Morgan fingerprint density at radius 2 is 2.00 bits per heavy atom. The van der Waals surface area contributed by atoms with E-state index in [1.165, 1.54) is 13.8 Å². The Kier molecular flexibility index (Phi) is 3.20. The average molecular weight is 264 g/mol. The monoisotopic (exact) mass is 264 g/mol. The van der Waals surface area contributed by atoms with Crippen molar-refractivity contribution in [3.8, 4) is 0 Å². The minimum absolute atomic E-state index is 0.180. The molecule has 0 aliphatic carbocycles. The normalized spacial score (nSPS) is 12.4. The van der Waals surface area contributed by atoms with Gasteiger partial charge in [0, 0.05) is 6.26 Å². The van der Waals surface area contributed by atoms with Crippen molar-refractivity contribution in [1.82, 2.24) is 10.2 Å². The minimum Gasteiger partial charge on any atom is -0.374 e. The van der Waals surface area contributed by atoms with E-state index in [1.807, 2.05) is 0 Å². The summed E-state index contributed by atoms with van der Waals surface area (Å²) in [5.74, 6) is -0.661. The van der Waals surface area contributed by atoms with Crippen LogP contribution in [0.15, 0.2) is 0 Å². The number of hydrogen-bond acceptors (Lipinski definition) is 7. The molecule has 1 amide bonds. The number of rotatable bonds is 3. The molecule has 0 saturated carbocycles. The second-order valence-electron chi connectivity index (χ2n) is 3.68. The van der Waals surface area contributed by atoms with Gasteiger partial charge in [-0.05, 0) is 13.8 Å². The third-order valence-corrected chi connectivity index (χ3v) is 4.84. The van der Waals surface area contributed by atoms with Crippen LogP contribution in [-0.4, -0.2) is 35.5 Å². The van der Waals surface area contributed by atoms with Gasteiger partial charge in [0.15, 0.2) is 9.84 Å². The second kappa shape index (κ2) is 3.98. The van der Waals surface area contributed by atoms with Crippen LogP contribution in [0.4, 0.5) is 10.3 Å². The first-order valence-electron chi connectivity index (χ1n) is 4.24. The number of anilines is 2. The third-order valence-electron chi connectivity index (χ3n) is 2.13. The van der Waals surface area contributed by atoms with E-state index >= 15 is 0 Å². The molecule has 0 atom stereocenters. The van der Waals surface area contributed by atoms with Crippen molar-refractivity contribution in [2.45, 2.75) is 18.6 Å². The Morgan fingerprint density at radius 3 is 2.38 bits per heavy atom. The molecule has 90 valence electrons. The molecule has 0 aliphatic rings. The smallest absolute Gasteiger partial charge is 0.247 e. The van der Waals surface area contributed by atoms with Crippen molar-refractivity contribution >= 4 is 37.3 Å². The maximum atomic E-state index is 11.7. The van der Waals surface area contributed by atoms with Gasteiger partial charge in [-0.2, -0.15) is 0 Å². The van der Waals surface area contributed by atoms with Crippen LogP contribution in [0, 0.1) is 0 Å². The van der Waals surface area contributed by atoms with Crippen LogP contribution in [0.2, 0.25) is 0 Å². The molecule has 0 saturated heterocycles. The van der Waals surface area contributed by atoms with Gasteiger partial charge >= 0.3 is 0 Å². The molecule has 0 bridgehead atoms. The molecule has 1 heterocycles. The van der Waals surface area contributed by atoms with E-state index in [4.69, 9.17) is 5.73 Å². The summed E-state index contributed by atoms with van der Waals surface area (Å²) in [5, 5.41) is 9.80. The molecule has 9 heteroatoms. The summed E-state index contributed by atoms with van der Waals surface area (Å²) in [7, 11) is -3.50. The molecular formula is C7H12N4O3S2. The maximum Gasteiger partial charge on any atom is 0.247 e. The molecule has 0 spiro atoms. The number of sulfone groups is 1. The van der Waals surface area contributed by atoms with E-state index < -0.39 is 20.5 Å². The van der Waals surface area contributed by atoms with Crippen LogP contribution < -0.4 is 11.1 Å². The van der Waals surface area contributed by atoms with E-state index in [2.05, 4.69) is 15.5 Å². The molecule has 1 aromatic heterocycles. The molecule has 3 N–H and O–H groups in total. The predicted molar refractivity (Wildman–Crippen MR) is 61.9 cm³/mol. The van der Waals surface area contributed by atoms with Gasteiger partial charge in [-0.3, -0.25) is 10.1 Å². The first-order chi connectivity index (χ1) is 7.14. The Balaban J connectivity index is 2.89. The minimum atomic E-state index is -3.50. The molecule has 1 aromatic rings. The zero-order valence-corrected chi connectivity index (χ0v) is 10.6. The fourth-order valence-corrected chi connectivity index (χ4v) is 1.59. The maximum absolute atomic E-state index is 11.7. The predicted octanol–water partition coefficient (Wildman–Crippen LogP) is -0.118. The SMILES string of the molecule is CC(C)(C(=O)Nc1nnc(N)s1)S(C)(=O)=O. The molecule has 7 nitrogen and oxygen atoms in total. The Morgan fingerprint density at radius 1 is 1.44 bits per heavy atom. The number of nitrogens with zero attached hydrogens (tertiary/aromatic N) is 2. The van der Waals surface area contributed by atoms with Crippen LogP contribution >= 0.6 is 11.3 Å². The largest absolute Gasteiger partial charge is 0.374 e. The molecule has 0 aromatic carbocycles. The van der Waals surface area contributed by atoms with Gasteiger partial charge in [0.25, 0.3) is 0 Å². The Hall–Kier alpha value is -1.22. The van der Waals surface area contributed by atoms with E-state index in [9.17, 15) is 13.2 Å². The van der Waals surface area contributed by atoms with Crippen LogP contribution in [0.1, 0.15) is 13.8 Å². The molecule has 1 rings (SSSR count). The van der Waals surface area contributed by atoms with Gasteiger partial charge in [-0.1, -0.05) is 11.3 Å². The van der Waals surface area contributed by atoms with Crippen molar-refractivity contribution in [3.05, 3.63) is 0 Å². The fraction of sp³-hybridized carbons (Fsp3) is 0.571. The van der Waals surface area contributed by atoms with Crippen LogP contribution in [0.3, 0.4) is 0 Å².